The Morgan fingerprint density at radius 1 is 1.20 bits per heavy atom. The molecule has 1 saturated heterocycles. The van der Waals surface area contributed by atoms with Crippen molar-refractivity contribution in [3.63, 3.8) is 0 Å². The van der Waals surface area contributed by atoms with Gasteiger partial charge >= 0.3 is 0 Å². The maximum absolute atomic E-state index is 12.3. The molecular formula is C12H22N2O. The average Bonchev–Trinajstić information content (AvgIpc) is 2.69. The quantitative estimate of drug-likeness (QED) is 0.710. The van der Waals surface area contributed by atoms with Crippen molar-refractivity contribution < 1.29 is 4.79 Å². The van der Waals surface area contributed by atoms with E-state index in [1.807, 2.05) is 4.90 Å². The maximum Gasteiger partial charge on any atom is 0.227 e. The van der Waals surface area contributed by atoms with Crippen LogP contribution >= 0.6 is 0 Å². The van der Waals surface area contributed by atoms with E-state index in [1.54, 1.807) is 0 Å². The molecule has 1 heterocycles. The molecule has 2 fully saturated rings. The standard InChI is InChI=1S/C12H22N2O/c1-9-5-4-6-10(13)11(9)12(15)14-7-2-3-8-14/h9-11H,2-8,13H2,1H3. The Kier molecular flexibility index (Phi) is 3.29. The van der Waals surface area contributed by atoms with Crippen molar-refractivity contribution in [2.24, 2.45) is 17.6 Å². The maximum atomic E-state index is 12.3. The SMILES string of the molecule is CC1CCCC(N)C1C(=O)N1CCCC1. The van der Waals surface area contributed by atoms with Gasteiger partial charge in [0.15, 0.2) is 0 Å². The molecule has 3 heteroatoms. The van der Waals surface area contributed by atoms with Crippen LogP contribution in [0.25, 0.3) is 0 Å². The van der Waals surface area contributed by atoms with Crippen molar-refractivity contribution in [1.82, 2.24) is 4.90 Å². The Labute approximate surface area is 92.0 Å². The highest BCUT2D eigenvalue weighted by atomic mass is 16.2. The van der Waals surface area contributed by atoms with Crippen molar-refractivity contribution in [1.29, 1.82) is 0 Å². The van der Waals surface area contributed by atoms with E-state index in [0.29, 0.717) is 11.8 Å². The Balaban J connectivity index is 2.02. The first-order valence-corrected chi connectivity index (χ1v) is 6.24. The summed E-state index contributed by atoms with van der Waals surface area (Å²) in [5.74, 6) is 0.894. The lowest BCUT2D eigenvalue weighted by molar-refractivity contribution is -0.137. The molecule has 15 heavy (non-hydrogen) atoms. The normalized spacial score (nSPS) is 36.9. The number of nitrogens with two attached hydrogens (primary N) is 1. The van der Waals surface area contributed by atoms with Crippen LogP contribution < -0.4 is 5.73 Å². The van der Waals surface area contributed by atoms with E-state index in [-0.39, 0.29) is 12.0 Å². The van der Waals surface area contributed by atoms with E-state index in [0.717, 1.165) is 25.9 Å². The number of carbonyl (C=O) groups excluding carboxylic acids is 1. The van der Waals surface area contributed by atoms with Crippen LogP contribution in [0.1, 0.15) is 39.0 Å². The van der Waals surface area contributed by atoms with Gasteiger partial charge < -0.3 is 10.6 Å². The van der Waals surface area contributed by atoms with E-state index >= 15 is 0 Å². The highest BCUT2D eigenvalue weighted by Crippen LogP contribution is 2.31. The molecular weight excluding hydrogens is 188 g/mol. The zero-order valence-corrected chi connectivity index (χ0v) is 9.61. The Morgan fingerprint density at radius 3 is 2.47 bits per heavy atom. The van der Waals surface area contributed by atoms with Gasteiger partial charge in [-0.1, -0.05) is 13.3 Å². The highest BCUT2D eigenvalue weighted by Gasteiger charge is 2.36. The molecule has 2 rings (SSSR count). The summed E-state index contributed by atoms with van der Waals surface area (Å²) in [7, 11) is 0. The molecule has 0 aromatic heterocycles. The van der Waals surface area contributed by atoms with Gasteiger partial charge in [0.05, 0.1) is 5.92 Å². The zero-order chi connectivity index (χ0) is 10.8. The molecule has 2 N–H and O–H groups in total. The third-order valence-corrected chi connectivity index (χ3v) is 3.97. The fourth-order valence-electron chi connectivity index (χ4n) is 3.03. The number of rotatable bonds is 1. The summed E-state index contributed by atoms with van der Waals surface area (Å²) < 4.78 is 0. The molecule has 0 bridgehead atoms. The van der Waals surface area contributed by atoms with Crippen molar-refractivity contribution >= 4 is 5.91 Å². The number of likely N-dealkylation sites (tertiary alicyclic amines) is 1. The summed E-state index contributed by atoms with van der Waals surface area (Å²) in [6, 6.07) is 0.0989. The fourth-order valence-corrected chi connectivity index (χ4v) is 3.03. The largest absolute Gasteiger partial charge is 0.342 e. The van der Waals surface area contributed by atoms with Gasteiger partial charge in [-0.15, -0.1) is 0 Å². The second kappa shape index (κ2) is 4.52. The van der Waals surface area contributed by atoms with Gasteiger partial charge in [0.2, 0.25) is 5.91 Å². The Hall–Kier alpha value is -0.570. The van der Waals surface area contributed by atoms with Gasteiger partial charge in [-0.25, -0.2) is 0 Å². The van der Waals surface area contributed by atoms with E-state index in [4.69, 9.17) is 5.73 Å². The monoisotopic (exact) mass is 210 g/mol. The van der Waals surface area contributed by atoms with Crippen LogP contribution in [0.5, 0.6) is 0 Å². The van der Waals surface area contributed by atoms with Crippen molar-refractivity contribution in [3.05, 3.63) is 0 Å². The number of nitrogens with zero attached hydrogens (tertiary/aromatic N) is 1. The highest BCUT2D eigenvalue weighted by molar-refractivity contribution is 5.80. The van der Waals surface area contributed by atoms with Crippen LogP contribution in [0, 0.1) is 11.8 Å². The van der Waals surface area contributed by atoms with Crippen LogP contribution in [0.3, 0.4) is 0 Å². The second-order valence-corrected chi connectivity index (χ2v) is 5.13. The van der Waals surface area contributed by atoms with Crippen LogP contribution in [0.15, 0.2) is 0 Å². The van der Waals surface area contributed by atoms with Crippen LogP contribution in [0.2, 0.25) is 0 Å². The van der Waals surface area contributed by atoms with E-state index < -0.39 is 0 Å². The molecule has 86 valence electrons. The predicted molar refractivity (Wildman–Crippen MR) is 60.3 cm³/mol. The van der Waals surface area contributed by atoms with Gasteiger partial charge in [0, 0.05) is 19.1 Å². The zero-order valence-electron chi connectivity index (χ0n) is 9.61. The van der Waals surface area contributed by atoms with Crippen LogP contribution in [0.4, 0.5) is 0 Å². The van der Waals surface area contributed by atoms with Gasteiger partial charge in [-0.2, -0.15) is 0 Å². The first-order chi connectivity index (χ1) is 7.20. The molecule has 3 unspecified atom stereocenters. The molecule has 1 aliphatic heterocycles. The summed E-state index contributed by atoms with van der Waals surface area (Å²) in [6.07, 6.45) is 5.71. The van der Waals surface area contributed by atoms with E-state index in [9.17, 15) is 4.79 Å². The van der Waals surface area contributed by atoms with Crippen LogP contribution in [-0.4, -0.2) is 29.9 Å². The molecule has 0 radical (unpaired) electrons. The molecule has 1 amide bonds. The molecule has 0 aromatic carbocycles. The average molecular weight is 210 g/mol. The van der Waals surface area contributed by atoms with Crippen molar-refractivity contribution in [3.8, 4) is 0 Å². The second-order valence-electron chi connectivity index (χ2n) is 5.13. The minimum atomic E-state index is 0.0943. The lowest BCUT2D eigenvalue weighted by Crippen LogP contribution is -2.48. The fraction of sp³-hybridized carbons (Fsp3) is 0.917. The first-order valence-electron chi connectivity index (χ1n) is 6.24. The predicted octanol–water partition coefficient (Wildman–Crippen LogP) is 1.37. The summed E-state index contributed by atoms with van der Waals surface area (Å²) in [6.45, 7) is 4.08. The van der Waals surface area contributed by atoms with Gasteiger partial charge in [0.1, 0.15) is 0 Å². The first kappa shape index (κ1) is 10.9. The van der Waals surface area contributed by atoms with Gasteiger partial charge in [0.25, 0.3) is 0 Å². The number of hydrogen-bond acceptors (Lipinski definition) is 2. The molecule has 1 saturated carbocycles. The minimum absolute atomic E-state index is 0.0943. The number of carbonyl (C=O) groups is 1. The Bertz CT molecular complexity index is 226. The number of amides is 1. The number of hydrogen-bond donors (Lipinski definition) is 1. The third-order valence-electron chi connectivity index (χ3n) is 3.97. The topological polar surface area (TPSA) is 46.3 Å². The summed E-state index contributed by atoms with van der Waals surface area (Å²) in [5, 5.41) is 0. The molecule has 1 aliphatic carbocycles. The summed E-state index contributed by atoms with van der Waals surface area (Å²) in [5.41, 5.74) is 6.09. The molecule has 0 aromatic rings. The molecule has 3 atom stereocenters. The van der Waals surface area contributed by atoms with Crippen LogP contribution in [-0.2, 0) is 4.79 Å². The van der Waals surface area contributed by atoms with E-state index in [2.05, 4.69) is 6.92 Å². The lowest BCUT2D eigenvalue weighted by atomic mass is 9.76. The van der Waals surface area contributed by atoms with Gasteiger partial charge in [-0.05, 0) is 31.6 Å². The summed E-state index contributed by atoms with van der Waals surface area (Å²) in [4.78, 5) is 14.3. The lowest BCUT2D eigenvalue weighted by Gasteiger charge is -2.35. The third kappa shape index (κ3) is 2.17. The van der Waals surface area contributed by atoms with Crippen molar-refractivity contribution in [2.45, 2.75) is 45.1 Å². The Morgan fingerprint density at radius 2 is 1.87 bits per heavy atom. The smallest absolute Gasteiger partial charge is 0.227 e. The molecule has 0 spiro atoms. The minimum Gasteiger partial charge on any atom is -0.342 e. The molecule has 3 nitrogen and oxygen atoms in total. The summed E-state index contributed by atoms with van der Waals surface area (Å²) >= 11 is 0. The molecule has 2 aliphatic rings. The van der Waals surface area contributed by atoms with E-state index in [1.165, 1.54) is 19.3 Å². The van der Waals surface area contributed by atoms with Crippen molar-refractivity contribution in [2.75, 3.05) is 13.1 Å². The van der Waals surface area contributed by atoms with Gasteiger partial charge in [-0.3, -0.25) is 4.79 Å².